The molecule has 4 nitrogen and oxygen atoms in total. The fourth-order valence-corrected chi connectivity index (χ4v) is 1.82. The van der Waals surface area contributed by atoms with E-state index in [4.69, 9.17) is 0 Å². The summed E-state index contributed by atoms with van der Waals surface area (Å²) < 4.78 is 19.3. The van der Waals surface area contributed by atoms with Crippen molar-refractivity contribution in [2.45, 2.75) is 6.92 Å². The van der Waals surface area contributed by atoms with E-state index in [0.717, 1.165) is 0 Å². The first-order valence-electron chi connectivity index (χ1n) is 5.51. The Morgan fingerprint density at radius 1 is 1.33 bits per heavy atom. The Balaban J connectivity index is 2.49. The average molecular weight is 249 g/mol. The molecule has 94 valence electrons. The van der Waals surface area contributed by atoms with Gasteiger partial charge in [0, 0.05) is 12.4 Å². The van der Waals surface area contributed by atoms with Crippen LogP contribution in [0, 0.1) is 5.82 Å². The summed E-state index contributed by atoms with van der Waals surface area (Å²) in [6.07, 6.45) is 0. The lowest BCUT2D eigenvalue weighted by atomic mass is 10.2. The van der Waals surface area contributed by atoms with Crippen molar-refractivity contribution in [1.29, 1.82) is 0 Å². The number of rotatable bonds is 3. The second-order valence-electron chi connectivity index (χ2n) is 3.84. The van der Waals surface area contributed by atoms with E-state index >= 15 is 0 Å². The molecule has 0 aliphatic carbocycles. The van der Waals surface area contributed by atoms with E-state index in [1.54, 1.807) is 26.1 Å². The maximum atomic E-state index is 13.1. The van der Waals surface area contributed by atoms with Gasteiger partial charge in [0.05, 0.1) is 17.8 Å². The quantitative estimate of drug-likeness (QED) is 0.475. The summed E-state index contributed by atoms with van der Waals surface area (Å²) in [5.41, 5.74) is 0.747. The maximum Gasteiger partial charge on any atom is 0.381 e. The number of nitrogens with zero attached hydrogens (tertiary/aromatic N) is 1. The normalized spacial score (nSPS) is 10.6. The standard InChI is InChI=1S/C13H12FNO3/c1-3-18-13(17)12(16)11-6-8-4-5-9(14)7-10(8)15(11)2/h4-7H,3H2,1-2H3. The third-order valence-electron chi connectivity index (χ3n) is 2.70. The number of hydrogen-bond donors (Lipinski definition) is 0. The maximum absolute atomic E-state index is 13.1. The van der Waals surface area contributed by atoms with Gasteiger partial charge in [-0.1, -0.05) is 0 Å². The van der Waals surface area contributed by atoms with Crippen molar-refractivity contribution in [3.8, 4) is 0 Å². The number of aromatic nitrogens is 1. The van der Waals surface area contributed by atoms with Gasteiger partial charge in [0.25, 0.3) is 5.78 Å². The van der Waals surface area contributed by atoms with Crippen LogP contribution >= 0.6 is 0 Å². The lowest BCUT2D eigenvalue weighted by molar-refractivity contribution is -0.137. The van der Waals surface area contributed by atoms with E-state index in [2.05, 4.69) is 4.74 Å². The molecule has 0 saturated heterocycles. The predicted octanol–water partition coefficient (Wildman–Crippen LogP) is 2.06. The molecule has 0 spiro atoms. The molecule has 0 unspecified atom stereocenters. The molecule has 0 saturated carbocycles. The van der Waals surface area contributed by atoms with Crippen molar-refractivity contribution in [1.82, 2.24) is 4.57 Å². The summed E-state index contributed by atoms with van der Waals surface area (Å²) in [4.78, 5) is 23.2. The van der Waals surface area contributed by atoms with E-state index in [9.17, 15) is 14.0 Å². The summed E-state index contributed by atoms with van der Waals surface area (Å²) >= 11 is 0. The SMILES string of the molecule is CCOC(=O)C(=O)c1cc2ccc(F)cc2n1C. The number of ketones is 1. The van der Waals surface area contributed by atoms with Gasteiger partial charge in [-0.25, -0.2) is 9.18 Å². The Hall–Kier alpha value is -2.17. The molecule has 0 amide bonds. The van der Waals surface area contributed by atoms with Crippen LogP contribution in [0.1, 0.15) is 17.4 Å². The highest BCUT2D eigenvalue weighted by atomic mass is 19.1. The molecule has 0 aliphatic rings. The highest BCUT2D eigenvalue weighted by molar-refractivity contribution is 6.40. The van der Waals surface area contributed by atoms with Gasteiger partial charge in [-0.05, 0) is 31.2 Å². The summed E-state index contributed by atoms with van der Waals surface area (Å²) in [6, 6.07) is 5.73. The molecule has 0 bridgehead atoms. The zero-order valence-corrected chi connectivity index (χ0v) is 10.1. The summed E-state index contributed by atoms with van der Waals surface area (Å²) in [5, 5.41) is 0.701. The number of benzene rings is 1. The number of ether oxygens (including phenoxy) is 1. The predicted molar refractivity (Wildman–Crippen MR) is 63.8 cm³/mol. The molecule has 2 aromatic rings. The molecule has 0 aliphatic heterocycles. The third-order valence-corrected chi connectivity index (χ3v) is 2.70. The first-order valence-corrected chi connectivity index (χ1v) is 5.51. The van der Waals surface area contributed by atoms with Gasteiger partial charge in [0.15, 0.2) is 0 Å². The second kappa shape index (κ2) is 4.60. The van der Waals surface area contributed by atoms with Crippen molar-refractivity contribution in [2.75, 3.05) is 6.61 Å². The van der Waals surface area contributed by atoms with Crippen LogP contribution in [0.5, 0.6) is 0 Å². The molecule has 1 aromatic carbocycles. The zero-order chi connectivity index (χ0) is 13.3. The van der Waals surface area contributed by atoms with E-state index in [1.807, 2.05) is 0 Å². The van der Waals surface area contributed by atoms with Crippen LogP contribution in [-0.4, -0.2) is 22.9 Å². The fraction of sp³-hybridized carbons (Fsp3) is 0.231. The van der Waals surface area contributed by atoms with Crippen LogP contribution in [0.15, 0.2) is 24.3 Å². The Labute approximate surface area is 103 Å². The molecule has 1 aromatic heterocycles. The minimum atomic E-state index is -0.899. The van der Waals surface area contributed by atoms with E-state index < -0.39 is 11.8 Å². The Morgan fingerprint density at radius 2 is 2.06 bits per heavy atom. The summed E-state index contributed by atoms with van der Waals surface area (Å²) in [7, 11) is 1.61. The highest BCUT2D eigenvalue weighted by Gasteiger charge is 2.21. The van der Waals surface area contributed by atoms with Gasteiger partial charge >= 0.3 is 5.97 Å². The lowest BCUT2D eigenvalue weighted by Crippen LogP contribution is -2.19. The molecule has 18 heavy (non-hydrogen) atoms. The largest absolute Gasteiger partial charge is 0.460 e. The fourth-order valence-electron chi connectivity index (χ4n) is 1.82. The number of carbonyl (C=O) groups excluding carboxylic acids is 2. The number of halogens is 1. The highest BCUT2D eigenvalue weighted by Crippen LogP contribution is 2.20. The Morgan fingerprint density at radius 3 is 2.72 bits per heavy atom. The smallest absolute Gasteiger partial charge is 0.381 e. The van der Waals surface area contributed by atoms with Crippen molar-refractivity contribution in [2.24, 2.45) is 7.05 Å². The molecule has 0 radical (unpaired) electrons. The summed E-state index contributed by atoms with van der Waals surface area (Å²) in [6.45, 7) is 1.77. The van der Waals surface area contributed by atoms with Crippen molar-refractivity contribution >= 4 is 22.7 Å². The van der Waals surface area contributed by atoms with Gasteiger partial charge in [0.2, 0.25) is 0 Å². The van der Waals surface area contributed by atoms with Crippen molar-refractivity contribution in [3.05, 3.63) is 35.8 Å². The van der Waals surface area contributed by atoms with E-state index in [1.165, 1.54) is 16.7 Å². The van der Waals surface area contributed by atoms with Crippen LogP contribution in [-0.2, 0) is 16.6 Å². The van der Waals surface area contributed by atoms with E-state index in [0.29, 0.717) is 10.9 Å². The molecule has 0 atom stereocenters. The molecular weight excluding hydrogens is 237 g/mol. The minimum Gasteiger partial charge on any atom is -0.460 e. The van der Waals surface area contributed by atoms with Gasteiger partial charge in [-0.3, -0.25) is 4.79 Å². The molecule has 1 heterocycles. The third kappa shape index (κ3) is 1.99. The van der Waals surface area contributed by atoms with Crippen LogP contribution in [0.2, 0.25) is 0 Å². The monoisotopic (exact) mass is 249 g/mol. The van der Waals surface area contributed by atoms with Crippen LogP contribution in [0.4, 0.5) is 4.39 Å². The zero-order valence-electron chi connectivity index (χ0n) is 10.1. The molecule has 2 rings (SSSR count). The molecule has 0 fully saturated rings. The minimum absolute atomic E-state index is 0.142. The first-order chi connectivity index (χ1) is 8.54. The summed E-state index contributed by atoms with van der Waals surface area (Å²) in [5.74, 6) is -2.02. The van der Waals surface area contributed by atoms with Crippen LogP contribution in [0.3, 0.4) is 0 Å². The van der Waals surface area contributed by atoms with Gasteiger partial charge < -0.3 is 9.30 Å². The van der Waals surface area contributed by atoms with Gasteiger partial charge in [0.1, 0.15) is 5.82 Å². The number of hydrogen-bond acceptors (Lipinski definition) is 3. The van der Waals surface area contributed by atoms with Crippen LogP contribution in [0.25, 0.3) is 10.9 Å². The lowest BCUT2D eigenvalue weighted by Gasteiger charge is -2.03. The Kier molecular flexibility index (Phi) is 3.14. The van der Waals surface area contributed by atoms with E-state index in [-0.39, 0.29) is 18.1 Å². The molecule has 5 heteroatoms. The number of esters is 1. The Bertz CT molecular complexity index is 630. The topological polar surface area (TPSA) is 48.3 Å². The number of aryl methyl sites for hydroxylation is 1. The van der Waals surface area contributed by atoms with Gasteiger partial charge in [-0.15, -0.1) is 0 Å². The number of carbonyl (C=O) groups is 2. The van der Waals surface area contributed by atoms with Gasteiger partial charge in [-0.2, -0.15) is 0 Å². The first kappa shape index (κ1) is 12.3. The van der Waals surface area contributed by atoms with Crippen LogP contribution < -0.4 is 0 Å². The molecular formula is C13H12FNO3. The van der Waals surface area contributed by atoms with Crippen molar-refractivity contribution in [3.63, 3.8) is 0 Å². The molecule has 0 N–H and O–H groups in total. The second-order valence-corrected chi connectivity index (χ2v) is 3.84. The number of fused-ring (bicyclic) bond motifs is 1. The van der Waals surface area contributed by atoms with Crippen molar-refractivity contribution < 1.29 is 18.7 Å². The number of Topliss-reactive ketones (excluding diaryl/α,β-unsaturated/α-hetero) is 1. The average Bonchev–Trinajstić information content (AvgIpc) is 2.66.